The quantitative estimate of drug-likeness (QED) is 0.711. The fraction of sp³-hybridized carbons (Fsp3) is 0.588. The number of nitrogens with zero attached hydrogens (tertiary/aromatic N) is 1. The lowest BCUT2D eigenvalue weighted by molar-refractivity contribution is -0.117. The molecule has 0 saturated carbocycles. The molecule has 1 aromatic rings. The predicted molar refractivity (Wildman–Crippen MR) is 110 cm³/mol. The zero-order valence-electron chi connectivity index (χ0n) is 14.2. The van der Waals surface area contributed by atoms with Crippen LogP contribution in [0.25, 0.3) is 0 Å². The van der Waals surface area contributed by atoms with Gasteiger partial charge in [0.05, 0.1) is 6.04 Å². The number of likely N-dealkylation sites (tertiary alicyclic amines) is 1. The molecular formula is C17H29Cl2N3OS. The molecule has 1 amide bonds. The minimum atomic E-state index is -0.428. The van der Waals surface area contributed by atoms with E-state index >= 15 is 0 Å². The van der Waals surface area contributed by atoms with E-state index in [4.69, 9.17) is 5.73 Å². The molecule has 0 bridgehead atoms. The Labute approximate surface area is 162 Å². The van der Waals surface area contributed by atoms with Crippen molar-refractivity contribution in [2.45, 2.75) is 31.7 Å². The molecular weight excluding hydrogens is 365 g/mol. The predicted octanol–water partition coefficient (Wildman–Crippen LogP) is 3.19. The van der Waals surface area contributed by atoms with Gasteiger partial charge < -0.3 is 16.0 Å². The molecule has 138 valence electrons. The number of carbonyl (C=O) groups excluding carboxylic acids is 1. The van der Waals surface area contributed by atoms with Crippen molar-refractivity contribution in [3.63, 3.8) is 0 Å². The number of rotatable bonds is 8. The molecule has 0 unspecified atom stereocenters. The standard InChI is InChI=1S/C17H27N3OS.2ClH/c1-22-13-9-16(18)17(21)19-15-6-4-14(5-7-15)8-12-20-10-2-3-11-20;;/h4-7,16H,2-3,8-13,18H2,1H3,(H,19,21);2*1H/t16-;;/m0../s1. The van der Waals surface area contributed by atoms with Crippen molar-refractivity contribution in [1.82, 2.24) is 4.90 Å². The van der Waals surface area contributed by atoms with Gasteiger partial charge in [-0.15, -0.1) is 24.8 Å². The Balaban J connectivity index is 0.00000264. The van der Waals surface area contributed by atoms with Crippen LogP contribution in [0.4, 0.5) is 5.69 Å². The summed E-state index contributed by atoms with van der Waals surface area (Å²) in [6, 6.07) is 7.71. The molecule has 1 aliphatic heterocycles. The van der Waals surface area contributed by atoms with Crippen molar-refractivity contribution in [2.24, 2.45) is 5.73 Å². The van der Waals surface area contributed by atoms with Gasteiger partial charge in [-0.05, 0) is 68.5 Å². The fourth-order valence-corrected chi connectivity index (χ4v) is 3.15. The van der Waals surface area contributed by atoms with E-state index in [0.717, 1.165) is 24.4 Å². The van der Waals surface area contributed by atoms with E-state index in [0.29, 0.717) is 6.42 Å². The molecule has 0 spiro atoms. The molecule has 1 saturated heterocycles. The first-order chi connectivity index (χ1) is 10.7. The number of anilines is 1. The third kappa shape index (κ3) is 8.08. The first-order valence-electron chi connectivity index (χ1n) is 8.05. The van der Waals surface area contributed by atoms with Gasteiger partial charge in [-0.3, -0.25) is 4.79 Å². The van der Waals surface area contributed by atoms with Crippen LogP contribution in [-0.2, 0) is 11.2 Å². The molecule has 0 radical (unpaired) electrons. The van der Waals surface area contributed by atoms with Crippen LogP contribution < -0.4 is 11.1 Å². The van der Waals surface area contributed by atoms with Gasteiger partial charge in [0, 0.05) is 12.2 Å². The second-order valence-electron chi connectivity index (χ2n) is 5.87. The van der Waals surface area contributed by atoms with E-state index < -0.39 is 6.04 Å². The summed E-state index contributed by atoms with van der Waals surface area (Å²) in [4.78, 5) is 14.5. The van der Waals surface area contributed by atoms with Crippen LogP contribution in [0, 0.1) is 0 Å². The number of carbonyl (C=O) groups is 1. The van der Waals surface area contributed by atoms with Crippen molar-refractivity contribution in [1.29, 1.82) is 0 Å². The third-order valence-corrected chi connectivity index (χ3v) is 4.75. The number of nitrogens with one attached hydrogen (secondary N) is 1. The summed E-state index contributed by atoms with van der Waals surface area (Å²) >= 11 is 1.71. The average Bonchev–Trinajstić information content (AvgIpc) is 3.05. The van der Waals surface area contributed by atoms with Crippen molar-refractivity contribution < 1.29 is 4.79 Å². The highest BCUT2D eigenvalue weighted by Gasteiger charge is 2.13. The van der Waals surface area contributed by atoms with Crippen LogP contribution >= 0.6 is 36.6 Å². The van der Waals surface area contributed by atoms with Crippen LogP contribution in [-0.4, -0.2) is 48.5 Å². The molecule has 4 nitrogen and oxygen atoms in total. The Morgan fingerprint density at radius 2 is 1.88 bits per heavy atom. The topological polar surface area (TPSA) is 58.4 Å². The van der Waals surface area contributed by atoms with E-state index in [2.05, 4.69) is 22.3 Å². The minimum absolute atomic E-state index is 0. The molecule has 24 heavy (non-hydrogen) atoms. The number of nitrogens with two attached hydrogens (primary N) is 1. The maximum absolute atomic E-state index is 12.0. The van der Waals surface area contributed by atoms with Crippen LogP contribution in [0.2, 0.25) is 0 Å². The van der Waals surface area contributed by atoms with Gasteiger partial charge in [-0.1, -0.05) is 12.1 Å². The summed E-state index contributed by atoms with van der Waals surface area (Å²) < 4.78 is 0. The smallest absolute Gasteiger partial charge is 0.241 e. The number of hydrogen-bond donors (Lipinski definition) is 2. The Hall–Kier alpha value is -0.460. The van der Waals surface area contributed by atoms with Gasteiger partial charge in [0.15, 0.2) is 0 Å². The normalized spacial score (nSPS) is 15.2. The first-order valence-corrected chi connectivity index (χ1v) is 9.45. The first kappa shape index (κ1) is 23.5. The van der Waals surface area contributed by atoms with Gasteiger partial charge in [0.2, 0.25) is 5.91 Å². The highest BCUT2D eigenvalue weighted by Crippen LogP contribution is 2.13. The van der Waals surface area contributed by atoms with E-state index in [1.165, 1.54) is 31.5 Å². The fourth-order valence-electron chi connectivity index (χ4n) is 2.66. The number of amides is 1. The van der Waals surface area contributed by atoms with Crippen LogP contribution in [0.15, 0.2) is 24.3 Å². The van der Waals surface area contributed by atoms with Crippen LogP contribution in [0.5, 0.6) is 0 Å². The van der Waals surface area contributed by atoms with E-state index in [9.17, 15) is 4.79 Å². The molecule has 0 aromatic heterocycles. The lowest BCUT2D eigenvalue weighted by atomic mass is 10.1. The molecule has 1 atom stereocenters. The third-order valence-electron chi connectivity index (χ3n) is 4.11. The second kappa shape index (κ2) is 12.8. The van der Waals surface area contributed by atoms with E-state index in [1.807, 2.05) is 18.4 Å². The van der Waals surface area contributed by atoms with Gasteiger partial charge in [-0.25, -0.2) is 0 Å². The summed E-state index contributed by atoms with van der Waals surface area (Å²) in [6.07, 6.45) is 6.47. The molecule has 7 heteroatoms. The maximum Gasteiger partial charge on any atom is 0.241 e. The lowest BCUT2D eigenvalue weighted by Gasteiger charge is -2.15. The SMILES string of the molecule is CSCC[C@H](N)C(=O)Nc1ccc(CCN2CCCC2)cc1.Cl.Cl. The second-order valence-corrected chi connectivity index (χ2v) is 6.86. The highest BCUT2D eigenvalue weighted by atomic mass is 35.5. The van der Waals surface area contributed by atoms with E-state index in [1.54, 1.807) is 11.8 Å². The Bertz CT molecular complexity index is 467. The molecule has 1 heterocycles. The number of halogens is 2. The minimum Gasteiger partial charge on any atom is -0.325 e. The average molecular weight is 394 g/mol. The Morgan fingerprint density at radius 3 is 2.46 bits per heavy atom. The summed E-state index contributed by atoms with van der Waals surface area (Å²) in [7, 11) is 0. The van der Waals surface area contributed by atoms with Crippen LogP contribution in [0.1, 0.15) is 24.8 Å². The van der Waals surface area contributed by atoms with Crippen molar-refractivity contribution >= 4 is 48.2 Å². The van der Waals surface area contributed by atoms with Crippen molar-refractivity contribution in [2.75, 3.05) is 37.0 Å². The van der Waals surface area contributed by atoms with Gasteiger partial charge in [0.25, 0.3) is 0 Å². The van der Waals surface area contributed by atoms with Gasteiger partial charge >= 0.3 is 0 Å². The Morgan fingerprint density at radius 1 is 1.25 bits per heavy atom. The maximum atomic E-state index is 12.0. The number of thioether (sulfide) groups is 1. The monoisotopic (exact) mass is 393 g/mol. The summed E-state index contributed by atoms with van der Waals surface area (Å²) in [6.45, 7) is 3.61. The summed E-state index contributed by atoms with van der Waals surface area (Å²) in [5.41, 5.74) is 8.01. The van der Waals surface area contributed by atoms with Crippen molar-refractivity contribution in [3.05, 3.63) is 29.8 Å². The number of benzene rings is 1. The molecule has 0 aliphatic carbocycles. The summed E-state index contributed by atoms with van der Waals surface area (Å²) in [5.74, 6) is 0.808. The molecule has 1 fully saturated rings. The lowest BCUT2D eigenvalue weighted by Crippen LogP contribution is -2.36. The Kier molecular flexibility index (Phi) is 12.6. The highest BCUT2D eigenvalue weighted by molar-refractivity contribution is 7.98. The summed E-state index contributed by atoms with van der Waals surface area (Å²) in [5, 5.41) is 2.89. The van der Waals surface area contributed by atoms with Gasteiger partial charge in [-0.2, -0.15) is 11.8 Å². The van der Waals surface area contributed by atoms with Crippen molar-refractivity contribution in [3.8, 4) is 0 Å². The van der Waals surface area contributed by atoms with Gasteiger partial charge in [0.1, 0.15) is 0 Å². The zero-order valence-corrected chi connectivity index (χ0v) is 16.7. The molecule has 1 aromatic carbocycles. The largest absolute Gasteiger partial charge is 0.325 e. The molecule has 2 rings (SSSR count). The van der Waals surface area contributed by atoms with Crippen LogP contribution in [0.3, 0.4) is 0 Å². The molecule has 1 aliphatic rings. The molecule has 3 N–H and O–H groups in total. The number of hydrogen-bond acceptors (Lipinski definition) is 4. The van der Waals surface area contributed by atoms with E-state index in [-0.39, 0.29) is 30.7 Å². The zero-order chi connectivity index (χ0) is 15.8.